The van der Waals surface area contributed by atoms with Crippen LogP contribution >= 0.6 is 11.6 Å². The number of sulfonamides is 1. The molecule has 0 spiro atoms. The Hall–Kier alpha value is -3.43. The molecule has 0 bridgehead atoms. The van der Waals surface area contributed by atoms with E-state index in [-0.39, 0.29) is 24.6 Å². The minimum atomic E-state index is -4.05. The quantitative estimate of drug-likeness (QED) is 0.298. The van der Waals surface area contributed by atoms with Gasteiger partial charge in [-0.25, -0.2) is 12.8 Å². The summed E-state index contributed by atoms with van der Waals surface area (Å²) in [6, 6.07) is 20.5. The third-order valence-corrected chi connectivity index (χ3v) is 7.50. The first-order valence-electron chi connectivity index (χ1n) is 12.7. The number of carbonyl (C=O) groups excluding carboxylic acids is 2. The van der Waals surface area contributed by atoms with Crippen LogP contribution in [0.1, 0.15) is 30.9 Å². The van der Waals surface area contributed by atoms with E-state index < -0.39 is 34.3 Å². The average Bonchev–Trinajstić information content (AvgIpc) is 2.90. The average molecular weight is 574 g/mol. The molecule has 0 fully saturated rings. The van der Waals surface area contributed by atoms with Crippen LogP contribution in [0.25, 0.3) is 0 Å². The van der Waals surface area contributed by atoms with Crippen molar-refractivity contribution < 1.29 is 22.4 Å². The number of carbonyl (C=O) groups is 2. The number of hydrogen-bond acceptors (Lipinski definition) is 4. The van der Waals surface area contributed by atoms with Crippen molar-refractivity contribution in [1.29, 1.82) is 0 Å². The Kier molecular flexibility index (Phi) is 10.9. The highest BCUT2D eigenvalue weighted by molar-refractivity contribution is 7.92. The molecule has 7 nitrogen and oxygen atoms in total. The van der Waals surface area contributed by atoms with E-state index in [1.165, 1.54) is 23.1 Å². The highest BCUT2D eigenvalue weighted by Gasteiger charge is 2.33. The second-order valence-electron chi connectivity index (χ2n) is 9.22. The summed E-state index contributed by atoms with van der Waals surface area (Å²) in [7, 11) is -4.05. The van der Waals surface area contributed by atoms with Gasteiger partial charge < -0.3 is 10.2 Å². The molecule has 0 aliphatic carbocycles. The number of halogens is 2. The van der Waals surface area contributed by atoms with E-state index in [0.717, 1.165) is 35.0 Å². The number of nitrogens with one attached hydrogen (secondary N) is 1. The molecule has 0 saturated heterocycles. The van der Waals surface area contributed by atoms with Crippen LogP contribution in [-0.4, -0.2) is 50.5 Å². The molecule has 0 aromatic heterocycles. The van der Waals surface area contributed by atoms with Crippen molar-refractivity contribution in [3.8, 4) is 0 Å². The first-order chi connectivity index (χ1) is 18.6. The predicted octanol–water partition coefficient (Wildman–Crippen LogP) is 4.80. The molecule has 1 atom stereocenters. The van der Waals surface area contributed by atoms with E-state index in [1.807, 2.05) is 37.3 Å². The lowest BCUT2D eigenvalue weighted by Gasteiger charge is -2.33. The summed E-state index contributed by atoms with van der Waals surface area (Å²) in [5.74, 6) is -1.80. The number of unbranched alkanes of at least 4 members (excludes halogenated alkanes) is 1. The summed E-state index contributed by atoms with van der Waals surface area (Å²) in [5, 5.41) is 3.36. The molecule has 3 aromatic carbocycles. The van der Waals surface area contributed by atoms with E-state index in [9.17, 15) is 22.4 Å². The minimum Gasteiger partial charge on any atom is -0.354 e. The zero-order valence-corrected chi connectivity index (χ0v) is 23.6. The first-order valence-corrected chi connectivity index (χ1v) is 14.9. The Morgan fingerprint density at radius 3 is 2.28 bits per heavy atom. The van der Waals surface area contributed by atoms with Gasteiger partial charge in [-0.15, -0.1) is 0 Å². The molecule has 3 rings (SSSR count). The van der Waals surface area contributed by atoms with Crippen LogP contribution in [0.4, 0.5) is 10.1 Å². The van der Waals surface area contributed by atoms with Gasteiger partial charge in [-0.2, -0.15) is 0 Å². The van der Waals surface area contributed by atoms with Gasteiger partial charge in [0, 0.05) is 24.5 Å². The number of anilines is 1. The summed E-state index contributed by atoms with van der Waals surface area (Å²) >= 11 is 6.19. The maximum absolute atomic E-state index is 14.7. The Bertz CT molecular complexity index is 1370. The molecule has 0 unspecified atom stereocenters. The van der Waals surface area contributed by atoms with Crippen LogP contribution < -0.4 is 9.62 Å². The molecule has 0 aliphatic heterocycles. The van der Waals surface area contributed by atoms with Crippen molar-refractivity contribution in [2.75, 3.05) is 23.7 Å². The Labute approximate surface area is 234 Å². The third kappa shape index (κ3) is 8.80. The Balaban J connectivity index is 2.04. The summed E-state index contributed by atoms with van der Waals surface area (Å²) in [6.07, 6.45) is 2.75. The smallest absolute Gasteiger partial charge is 0.244 e. The van der Waals surface area contributed by atoms with Gasteiger partial charge in [0.15, 0.2) is 0 Å². The fraction of sp³-hybridized carbons (Fsp3) is 0.310. The van der Waals surface area contributed by atoms with Crippen LogP contribution in [0.15, 0.2) is 78.9 Å². The highest BCUT2D eigenvalue weighted by Crippen LogP contribution is 2.23. The van der Waals surface area contributed by atoms with Crippen LogP contribution in [0, 0.1) is 5.82 Å². The standard InChI is InChI=1S/C29H33ClFN3O4S/c1-3-4-17-32-29(36)27(19-22-11-6-5-7-12-22)33(20-23-13-10-14-24(30)18-23)28(35)21-34(39(2,37)38)26-16-9-8-15-25(26)31/h5-16,18,27H,3-4,17,19-21H2,1-2H3,(H,32,36)/t27-/m1/s1. The summed E-state index contributed by atoms with van der Waals surface area (Å²) in [4.78, 5) is 28.8. The van der Waals surface area contributed by atoms with E-state index in [4.69, 9.17) is 11.6 Å². The molecule has 39 heavy (non-hydrogen) atoms. The Morgan fingerprint density at radius 1 is 0.974 bits per heavy atom. The highest BCUT2D eigenvalue weighted by atomic mass is 35.5. The molecule has 208 valence electrons. The molecule has 0 saturated carbocycles. The number of para-hydroxylation sites is 1. The summed E-state index contributed by atoms with van der Waals surface area (Å²) in [6.45, 7) is 1.75. The van der Waals surface area contributed by atoms with Gasteiger partial charge in [-0.1, -0.05) is 79.5 Å². The number of nitrogens with zero attached hydrogens (tertiary/aromatic N) is 2. The first kappa shape index (κ1) is 30.1. The normalized spacial score (nSPS) is 12.0. The lowest BCUT2D eigenvalue weighted by molar-refractivity contribution is -0.140. The van der Waals surface area contributed by atoms with E-state index in [1.54, 1.807) is 24.3 Å². The molecule has 2 amide bonds. The van der Waals surface area contributed by atoms with Crippen molar-refractivity contribution in [3.63, 3.8) is 0 Å². The fourth-order valence-corrected chi connectivity index (χ4v) is 5.20. The van der Waals surface area contributed by atoms with Crippen LogP contribution in [0.5, 0.6) is 0 Å². The lowest BCUT2D eigenvalue weighted by Crippen LogP contribution is -2.53. The largest absolute Gasteiger partial charge is 0.354 e. The lowest BCUT2D eigenvalue weighted by atomic mass is 10.0. The second kappa shape index (κ2) is 14.1. The maximum atomic E-state index is 14.7. The SMILES string of the molecule is CCCCNC(=O)[C@@H](Cc1ccccc1)N(Cc1cccc(Cl)c1)C(=O)CN(c1ccccc1F)S(C)(=O)=O. The van der Waals surface area contributed by atoms with Gasteiger partial charge in [-0.3, -0.25) is 13.9 Å². The minimum absolute atomic E-state index is 0.00698. The molecule has 0 heterocycles. The number of rotatable bonds is 13. The van der Waals surface area contributed by atoms with E-state index in [0.29, 0.717) is 17.1 Å². The van der Waals surface area contributed by atoms with Gasteiger partial charge in [0.05, 0.1) is 11.9 Å². The van der Waals surface area contributed by atoms with Gasteiger partial charge in [0.1, 0.15) is 18.4 Å². The second-order valence-corrected chi connectivity index (χ2v) is 11.6. The number of hydrogen-bond donors (Lipinski definition) is 1. The fourth-order valence-electron chi connectivity index (χ4n) is 4.14. The molecule has 3 aromatic rings. The van der Waals surface area contributed by atoms with Crippen LogP contribution in [0.2, 0.25) is 5.02 Å². The van der Waals surface area contributed by atoms with Crippen molar-refractivity contribution in [1.82, 2.24) is 10.2 Å². The van der Waals surface area contributed by atoms with Crippen molar-refractivity contribution in [2.45, 2.75) is 38.8 Å². The Morgan fingerprint density at radius 2 is 1.64 bits per heavy atom. The van der Waals surface area contributed by atoms with Crippen LogP contribution in [-0.2, 0) is 32.6 Å². The van der Waals surface area contributed by atoms with E-state index in [2.05, 4.69) is 5.32 Å². The van der Waals surface area contributed by atoms with Crippen molar-refractivity contribution in [2.24, 2.45) is 0 Å². The summed E-state index contributed by atoms with van der Waals surface area (Å²) in [5.41, 5.74) is 1.24. The monoisotopic (exact) mass is 573 g/mol. The zero-order chi connectivity index (χ0) is 28.4. The third-order valence-electron chi connectivity index (χ3n) is 6.14. The van der Waals surface area contributed by atoms with Gasteiger partial charge in [-0.05, 0) is 41.8 Å². The van der Waals surface area contributed by atoms with E-state index >= 15 is 0 Å². The molecular weight excluding hydrogens is 541 g/mol. The zero-order valence-electron chi connectivity index (χ0n) is 22.0. The van der Waals surface area contributed by atoms with Crippen LogP contribution in [0.3, 0.4) is 0 Å². The molecule has 0 aliphatic rings. The number of benzene rings is 3. The van der Waals surface area contributed by atoms with Gasteiger partial charge >= 0.3 is 0 Å². The number of amides is 2. The topological polar surface area (TPSA) is 86.8 Å². The maximum Gasteiger partial charge on any atom is 0.244 e. The molecule has 10 heteroatoms. The van der Waals surface area contributed by atoms with Gasteiger partial charge in [0.25, 0.3) is 0 Å². The summed E-state index contributed by atoms with van der Waals surface area (Å²) < 4.78 is 40.8. The van der Waals surface area contributed by atoms with Gasteiger partial charge in [0.2, 0.25) is 21.8 Å². The van der Waals surface area contributed by atoms with Crippen molar-refractivity contribution >= 4 is 39.1 Å². The molecular formula is C29H33ClFN3O4S. The molecule has 0 radical (unpaired) electrons. The molecule has 1 N–H and O–H groups in total. The van der Waals surface area contributed by atoms with Crippen molar-refractivity contribution in [3.05, 3.63) is 101 Å². The predicted molar refractivity (Wildman–Crippen MR) is 152 cm³/mol.